The van der Waals surface area contributed by atoms with Crippen LogP contribution in [-0.4, -0.2) is 25.9 Å². The Morgan fingerprint density at radius 2 is 1.54 bits per heavy atom. The highest BCUT2D eigenvalue weighted by Crippen LogP contribution is 2.26. The first-order chi connectivity index (χ1) is 12.4. The third kappa shape index (κ3) is 4.14. The highest BCUT2D eigenvalue weighted by molar-refractivity contribution is 8.00. The topological polar surface area (TPSA) is 59.8 Å². The molecule has 1 aromatic heterocycles. The Balaban J connectivity index is 1.75. The van der Waals surface area contributed by atoms with Gasteiger partial charge in [0.05, 0.1) is 5.25 Å². The summed E-state index contributed by atoms with van der Waals surface area (Å²) in [7, 11) is 0. The number of aromatic nitrogens is 3. The lowest BCUT2D eigenvalue weighted by Crippen LogP contribution is -2.22. The predicted molar refractivity (Wildman–Crippen MR) is 106 cm³/mol. The lowest BCUT2D eigenvalue weighted by atomic mass is 10.2. The number of aryl methyl sites for hydroxylation is 3. The van der Waals surface area contributed by atoms with Crippen LogP contribution in [0.25, 0.3) is 5.69 Å². The van der Waals surface area contributed by atoms with Crippen LogP contribution in [0.15, 0.2) is 53.7 Å². The number of nitrogens with zero attached hydrogens (tertiary/aromatic N) is 3. The third-order valence-electron chi connectivity index (χ3n) is 4.06. The van der Waals surface area contributed by atoms with Crippen molar-refractivity contribution in [2.75, 3.05) is 5.32 Å². The molecule has 0 spiro atoms. The maximum atomic E-state index is 12.5. The summed E-state index contributed by atoms with van der Waals surface area (Å²) < 4.78 is 1.97. The summed E-state index contributed by atoms with van der Waals surface area (Å²) in [6.45, 7) is 7.85. The fraction of sp³-hybridized carbons (Fsp3) is 0.250. The van der Waals surface area contributed by atoms with E-state index in [4.69, 9.17) is 0 Å². The van der Waals surface area contributed by atoms with Gasteiger partial charge in [-0.25, -0.2) is 0 Å². The van der Waals surface area contributed by atoms with Crippen molar-refractivity contribution < 1.29 is 4.79 Å². The van der Waals surface area contributed by atoms with Crippen molar-refractivity contribution in [2.24, 2.45) is 0 Å². The molecule has 0 aliphatic rings. The number of benzene rings is 2. The van der Waals surface area contributed by atoms with Gasteiger partial charge < -0.3 is 5.32 Å². The molecule has 0 fully saturated rings. The highest BCUT2D eigenvalue weighted by Gasteiger charge is 2.20. The summed E-state index contributed by atoms with van der Waals surface area (Å²) in [5.74, 6) is 0.734. The maximum absolute atomic E-state index is 12.5. The molecule has 3 rings (SSSR count). The number of thioether (sulfide) groups is 1. The van der Waals surface area contributed by atoms with Crippen molar-refractivity contribution >= 4 is 23.4 Å². The molecule has 1 atom stereocenters. The lowest BCUT2D eigenvalue weighted by Gasteiger charge is -2.13. The molecule has 0 aliphatic heterocycles. The van der Waals surface area contributed by atoms with E-state index in [2.05, 4.69) is 34.6 Å². The molecule has 134 valence electrons. The standard InChI is InChI=1S/C20H22N4OS/c1-13-5-9-17(10-6-13)21-19(25)15(3)26-20-23-22-16(4)24(20)18-11-7-14(2)8-12-18/h5-12,15H,1-4H3,(H,21,25). The quantitative estimate of drug-likeness (QED) is 0.684. The Bertz CT molecular complexity index is 901. The molecule has 0 saturated heterocycles. The summed E-state index contributed by atoms with van der Waals surface area (Å²) in [4.78, 5) is 12.5. The molecule has 2 aromatic carbocycles. The Morgan fingerprint density at radius 1 is 0.962 bits per heavy atom. The van der Waals surface area contributed by atoms with Gasteiger partial charge in [-0.05, 0) is 52.0 Å². The minimum absolute atomic E-state index is 0.0602. The lowest BCUT2D eigenvalue weighted by molar-refractivity contribution is -0.115. The molecule has 1 amide bonds. The second kappa shape index (κ2) is 7.74. The van der Waals surface area contributed by atoms with Crippen molar-refractivity contribution in [2.45, 2.75) is 38.1 Å². The Labute approximate surface area is 157 Å². The smallest absolute Gasteiger partial charge is 0.237 e. The zero-order chi connectivity index (χ0) is 18.7. The molecule has 26 heavy (non-hydrogen) atoms. The van der Waals surface area contributed by atoms with Crippen LogP contribution in [0.4, 0.5) is 5.69 Å². The van der Waals surface area contributed by atoms with Crippen LogP contribution in [0.5, 0.6) is 0 Å². The SMILES string of the molecule is Cc1ccc(NC(=O)C(C)Sc2nnc(C)n2-c2ccc(C)cc2)cc1. The first kappa shape index (κ1) is 18.2. The van der Waals surface area contributed by atoms with Gasteiger partial charge in [-0.3, -0.25) is 9.36 Å². The highest BCUT2D eigenvalue weighted by atomic mass is 32.2. The van der Waals surface area contributed by atoms with E-state index in [1.807, 2.05) is 61.7 Å². The van der Waals surface area contributed by atoms with Gasteiger partial charge >= 0.3 is 0 Å². The predicted octanol–water partition coefficient (Wildman–Crippen LogP) is 4.31. The molecule has 6 heteroatoms. The van der Waals surface area contributed by atoms with Gasteiger partial charge in [0.2, 0.25) is 5.91 Å². The Hall–Kier alpha value is -2.60. The van der Waals surface area contributed by atoms with Crippen LogP contribution in [0, 0.1) is 20.8 Å². The number of hydrogen-bond donors (Lipinski definition) is 1. The molecular formula is C20H22N4OS. The zero-order valence-corrected chi connectivity index (χ0v) is 16.2. The minimum Gasteiger partial charge on any atom is -0.325 e. The Morgan fingerprint density at radius 3 is 2.15 bits per heavy atom. The maximum Gasteiger partial charge on any atom is 0.237 e. The van der Waals surface area contributed by atoms with Crippen LogP contribution in [0.2, 0.25) is 0 Å². The first-order valence-corrected chi connectivity index (χ1v) is 9.35. The van der Waals surface area contributed by atoms with Crippen LogP contribution in [-0.2, 0) is 4.79 Å². The van der Waals surface area contributed by atoms with Gasteiger partial charge in [-0.2, -0.15) is 0 Å². The fourth-order valence-electron chi connectivity index (χ4n) is 2.50. The molecule has 1 heterocycles. The normalized spacial score (nSPS) is 12.0. The second-order valence-electron chi connectivity index (χ2n) is 6.32. The number of hydrogen-bond acceptors (Lipinski definition) is 4. The van der Waals surface area contributed by atoms with Crippen LogP contribution < -0.4 is 5.32 Å². The summed E-state index contributed by atoms with van der Waals surface area (Å²) in [5.41, 5.74) is 4.14. The van der Waals surface area contributed by atoms with E-state index in [9.17, 15) is 4.79 Å². The average molecular weight is 366 g/mol. The fourth-order valence-corrected chi connectivity index (χ4v) is 3.42. The Kier molecular flexibility index (Phi) is 5.42. The minimum atomic E-state index is -0.302. The van der Waals surface area contributed by atoms with Gasteiger partial charge in [0.15, 0.2) is 5.16 Å². The van der Waals surface area contributed by atoms with Gasteiger partial charge in [0, 0.05) is 11.4 Å². The summed E-state index contributed by atoms with van der Waals surface area (Å²) >= 11 is 1.40. The molecule has 3 aromatic rings. The number of nitrogens with one attached hydrogen (secondary N) is 1. The van der Waals surface area contributed by atoms with Gasteiger partial charge in [-0.15, -0.1) is 10.2 Å². The van der Waals surface area contributed by atoms with Gasteiger partial charge in [0.1, 0.15) is 5.82 Å². The molecule has 0 radical (unpaired) electrons. The molecule has 0 bridgehead atoms. The van der Waals surface area contributed by atoms with E-state index in [1.165, 1.54) is 17.3 Å². The molecule has 1 unspecified atom stereocenters. The van der Waals surface area contributed by atoms with Crippen LogP contribution in [0.3, 0.4) is 0 Å². The number of rotatable bonds is 5. The van der Waals surface area contributed by atoms with E-state index in [0.717, 1.165) is 22.8 Å². The van der Waals surface area contributed by atoms with Crippen molar-refractivity contribution in [3.63, 3.8) is 0 Å². The van der Waals surface area contributed by atoms with E-state index in [1.54, 1.807) is 0 Å². The summed E-state index contributed by atoms with van der Waals surface area (Å²) in [6, 6.07) is 15.9. The van der Waals surface area contributed by atoms with E-state index in [-0.39, 0.29) is 11.2 Å². The van der Waals surface area contributed by atoms with Crippen molar-refractivity contribution in [3.8, 4) is 5.69 Å². The molecule has 0 saturated carbocycles. The molecule has 1 N–H and O–H groups in total. The molecule has 5 nitrogen and oxygen atoms in total. The van der Waals surface area contributed by atoms with E-state index in [0.29, 0.717) is 5.16 Å². The van der Waals surface area contributed by atoms with Gasteiger partial charge in [-0.1, -0.05) is 47.2 Å². The van der Waals surface area contributed by atoms with Crippen LogP contribution >= 0.6 is 11.8 Å². The van der Waals surface area contributed by atoms with Gasteiger partial charge in [0.25, 0.3) is 0 Å². The monoisotopic (exact) mass is 366 g/mol. The van der Waals surface area contributed by atoms with Crippen molar-refractivity contribution in [1.82, 2.24) is 14.8 Å². The first-order valence-electron chi connectivity index (χ1n) is 8.47. The number of anilines is 1. The molecule has 0 aliphatic carbocycles. The number of amides is 1. The summed E-state index contributed by atoms with van der Waals surface area (Å²) in [6.07, 6.45) is 0. The largest absolute Gasteiger partial charge is 0.325 e. The van der Waals surface area contributed by atoms with Crippen molar-refractivity contribution in [3.05, 3.63) is 65.5 Å². The summed E-state index contributed by atoms with van der Waals surface area (Å²) in [5, 5.41) is 11.8. The number of carbonyl (C=O) groups excluding carboxylic acids is 1. The molecular weight excluding hydrogens is 344 g/mol. The zero-order valence-electron chi connectivity index (χ0n) is 15.4. The van der Waals surface area contributed by atoms with E-state index < -0.39 is 0 Å². The average Bonchev–Trinajstić information content (AvgIpc) is 2.98. The second-order valence-corrected chi connectivity index (χ2v) is 7.62. The van der Waals surface area contributed by atoms with Crippen molar-refractivity contribution in [1.29, 1.82) is 0 Å². The van der Waals surface area contributed by atoms with E-state index >= 15 is 0 Å². The van der Waals surface area contributed by atoms with Crippen LogP contribution in [0.1, 0.15) is 23.9 Å². The number of carbonyl (C=O) groups is 1. The third-order valence-corrected chi connectivity index (χ3v) is 5.10.